The lowest BCUT2D eigenvalue weighted by atomic mass is 10.1. The van der Waals surface area contributed by atoms with Crippen molar-refractivity contribution >= 4 is 0 Å². The first kappa shape index (κ1) is 8.78. The maximum absolute atomic E-state index is 5.36. The second-order valence-electron chi connectivity index (χ2n) is 3.34. The second-order valence-corrected chi connectivity index (χ2v) is 3.34. The molecule has 1 aliphatic rings. The molecule has 2 heterocycles. The maximum atomic E-state index is 5.36. The minimum Gasteiger partial charge on any atom is -0.469 e. The maximum Gasteiger partial charge on any atom is 0.103 e. The van der Waals surface area contributed by atoms with Gasteiger partial charge in [-0.25, -0.2) is 0 Å². The highest BCUT2D eigenvalue weighted by molar-refractivity contribution is 4.98. The molecule has 3 nitrogen and oxygen atoms in total. The van der Waals surface area contributed by atoms with E-state index >= 15 is 0 Å². The van der Waals surface area contributed by atoms with Crippen molar-refractivity contribution in [1.82, 2.24) is 5.32 Å². The molecule has 1 atom stereocenters. The molecule has 72 valence electrons. The van der Waals surface area contributed by atoms with E-state index < -0.39 is 0 Å². The van der Waals surface area contributed by atoms with Gasteiger partial charge in [0.25, 0.3) is 0 Å². The third-order valence-electron chi connectivity index (χ3n) is 2.32. The van der Waals surface area contributed by atoms with Crippen LogP contribution in [-0.2, 0) is 11.2 Å². The molecule has 0 aliphatic carbocycles. The van der Waals surface area contributed by atoms with Gasteiger partial charge in [0.05, 0.1) is 19.5 Å². The molecule has 0 saturated carbocycles. The summed E-state index contributed by atoms with van der Waals surface area (Å²) < 4.78 is 10.6. The summed E-state index contributed by atoms with van der Waals surface area (Å²) in [6.07, 6.45) is 3.81. The summed E-state index contributed by atoms with van der Waals surface area (Å²) in [5.41, 5.74) is 0. The first-order valence-electron chi connectivity index (χ1n) is 4.78. The van der Waals surface area contributed by atoms with Crippen molar-refractivity contribution in [2.45, 2.75) is 18.9 Å². The van der Waals surface area contributed by atoms with E-state index in [4.69, 9.17) is 9.15 Å². The third-order valence-corrected chi connectivity index (χ3v) is 2.32. The van der Waals surface area contributed by atoms with Crippen LogP contribution in [0.15, 0.2) is 22.8 Å². The highest BCUT2D eigenvalue weighted by Crippen LogP contribution is 2.07. The van der Waals surface area contributed by atoms with Gasteiger partial charge in [0.1, 0.15) is 5.76 Å². The van der Waals surface area contributed by atoms with Gasteiger partial charge in [-0.3, -0.25) is 0 Å². The summed E-state index contributed by atoms with van der Waals surface area (Å²) in [5.74, 6) is 1.06. The smallest absolute Gasteiger partial charge is 0.103 e. The first-order valence-corrected chi connectivity index (χ1v) is 4.78. The highest BCUT2D eigenvalue weighted by Gasteiger charge is 2.12. The van der Waals surface area contributed by atoms with Gasteiger partial charge in [-0.1, -0.05) is 0 Å². The Morgan fingerprint density at radius 1 is 1.54 bits per heavy atom. The van der Waals surface area contributed by atoms with Gasteiger partial charge in [-0.05, 0) is 18.6 Å². The molecular weight excluding hydrogens is 166 g/mol. The van der Waals surface area contributed by atoms with Crippen LogP contribution in [0.1, 0.15) is 12.2 Å². The molecule has 1 fully saturated rings. The predicted octanol–water partition coefficient (Wildman–Crippen LogP) is 1.20. The Morgan fingerprint density at radius 2 is 2.54 bits per heavy atom. The quantitative estimate of drug-likeness (QED) is 0.761. The molecular formula is C10H15NO2. The monoisotopic (exact) mass is 181 g/mol. The van der Waals surface area contributed by atoms with Crippen LogP contribution in [0.25, 0.3) is 0 Å². The number of morpholine rings is 1. The molecule has 0 bridgehead atoms. The van der Waals surface area contributed by atoms with Crippen molar-refractivity contribution in [1.29, 1.82) is 0 Å². The van der Waals surface area contributed by atoms with Crippen LogP contribution in [0.4, 0.5) is 0 Å². The molecule has 0 spiro atoms. The fourth-order valence-electron chi connectivity index (χ4n) is 1.58. The number of rotatable bonds is 3. The number of hydrogen-bond acceptors (Lipinski definition) is 3. The van der Waals surface area contributed by atoms with Crippen molar-refractivity contribution in [3.05, 3.63) is 24.2 Å². The lowest BCUT2D eigenvalue weighted by Gasteiger charge is -2.23. The number of nitrogens with one attached hydrogen (secondary N) is 1. The first-order chi connectivity index (χ1) is 6.45. The van der Waals surface area contributed by atoms with E-state index in [9.17, 15) is 0 Å². The largest absolute Gasteiger partial charge is 0.469 e. The molecule has 1 aliphatic heterocycles. The molecule has 3 heteroatoms. The Morgan fingerprint density at radius 3 is 3.23 bits per heavy atom. The molecule has 1 unspecified atom stereocenters. The molecule has 0 radical (unpaired) electrons. The topological polar surface area (TPSA) is 34.4 Å². The van der Waals surface area contributed by atoms with Crippen molar-refractivity contribution in [2.75, 3.05) is 19.8 Å². The van der Waals surface area contributed by atoms with Crippen molar-refractivity contribution in [3.63, 3.8) is 0 Å². The predicted molar refractivity (Wildman–Crippen MR) is 49.6 cm³/mol. The van der Waals surface area contributed by atoms with Crippen molar-refractivity contribution < 1.29 is 9.15 Å². The molecule has 0 amide bonds. The molecule has 2 rings (SSSR count). The van der Waals surface area contributed by atoms with E-state index in [1.165, 1.54) is 0 Å². The summed E-state index contributed by atoms with van der Waals surface area (Å²) in [7, 11) is 0. The number of furan rings is 1. The molecule has 1 N–H and O–H groups in total. The van der Waals surface area contributed by atoms with Crippen LogP contribution in [0, 0.1) is 0 Å². The van der Waals surface area contributed by atoms with Gasteiger partial charge < -0.3 is 14.5 Å². The minimum absolute atomic E-state index is 0.499. The lowest BCUT2D eigenvalue weighted by molar-refractivity contribution is 0.0739. The Kier molecular flexibility index (Phi) is 3.00. The van der Waals surface area contributed by atoms with Crippen molar-refractivity contribution in [2.24, 2.45) is 0 Å². The van der Waals surface area contributed by atoms with E-state index in [-0.39, 0.29) is 0 Å². The van der Waals surface area contributed by atoms with Crippen LogP contribution >= 0.6 is 0 Å². The van der Waals surface area contributed by atoms with E-state index in [0.29, 0.717) is 6.04 Å². The van der Waals surface area contributed by atoms with Gasteiger partial charge in [0.2, 0.25) is 0 Å². The Bertz CT molecular complexity index is 227. The van der Waals surface area contributed by atoms with Crippen LogP contribution in [0.5, 0.6) is 0 Å². The van der Waals surface area contributed by atoms with E-state index in [1.807, 2.05) is 12.1 Å². The summed E-state index contributed by atoms with van der Waals surface area (Å²) in [5, 5.41) is 3.41. The summed E-state index contributed by atoms with van der Waals surface area (Å²) in [4.78, 5) is 0. The average Bonchev–Trinajstić information content (AvgIpc) is 2.69. The second kappa shape index (κ2) is 4.44. The van der Waals surface area contributed by atoms with Crippen molar-refractivity contribution in [3.8, 4) is 0 Å². The fourth-order valence-corrected chi connectivity index (χ4v) is 1.58. The normalized spacial score (nSPS) is 23.2. The highest BCUT2D eigenvalue weighted by atomic mass is 16.5. The SMILES string of the molecule is c1coc(CCC2COCCN2)c1. The van der Waals surface area contributed by atoms with Crippen LogP contribution in [-0.4, -0.2) is 25.8 Å². The fraction of sp³-hybridized carbons (Fsp3) is 0.600. The van der Waals surface area contributed by atoms with E-state index in [0.717, 1.165) is 38.4 Å². The molecule has 0 aromatic carbocycles. The zero-order valence-corrected chi connectivity index (χ0v) is 7.66. The van der Waals surface area contributed by atoms with Crippen LogP contribution < -0.4 is 5.32 Å². The standard InChI is InChI=1S/C10H15NO2/c1-2-10(13-6-1)4-3-9-8-12-7-5-11-9/h1-2,6,9,11H,3-5,7-8H2. The molecule has 13 heavy (non-hydrogen) atoms. The van der Waals surface area contributed by atoms with Gasteiger partial charge >= 0.3 is 0 Å². The zero-order valence-electron chi connectivity index (χ0n) is 7.66. The number of ether oxygens (including phenoxy) is 1. The Labute approximate surface area is 78.1 Å². The Balaban J connectivity index is 1.72. The summed E-state index contributed by atoms with van der Waals surface area (Å²) in [6, 6.07) is 4.45. The molecule has 1 aromatic rings. The minimum atomic E-state index is 0.499. The van der Waals surface area contributed by atoms with E-state index in [2.05, 4.69) is 5.32 Å². The van der Waals surface area contributed by atoms with Gasteiger partial charge in [0, 0.05) is 19.0 Å². The number of hydrogen-bond donors (Lipinski definition) is 1. The van der Waals surface area contributed by atoms with E-state index in [1.54, 1.807) is 6.26 Å². The van der Waals surface area contributed by atoms with Gasteiger partial charge in [-0.15, -0.1) is 0 Å². The lowest BCUT2D eigenvalue weighted by Crippen LogP contribution is -2.41. The molecule has 1 aromatic heterocycles. The zero-order chi connectivity index (χ0) is 8.93. The summed E-state index contributed by atoms with van der Waals surface area (Å²) >= 11 is 0. The third kappa shape index (κ3) is 2.57. The van der Waals surface area contributed by atoms with Crippen LogP contribution in [0.3, 0.4) is 0 Å². The van der Waals surface area contributed by atoms with Gasteiger partial charge in [0.15, 0.2) is 0 Å². The van der Waals surface area contributed by atoms with Crippen LogP contribution in [0.2, 0.25) is 0 Å². The van der Waals surface area contributed by atoms with Gasteiger partial charge in [-0.2, -0.15) is 0 Å². The average molecular weight is 181 g/mol. The summed E-state index contributed by atoms with van der Waals surface area (Å²) in [6.45, 7) is 2.65. The number of aryl methyl sites for hydroxylation is 1. The Hall–Kier alpha value is -0.800. The molecule has 1 saturated heterocycles.